The van der Waals surface area contributed by atoms with Crippen molar-refractivity contribution in [1.29, 1.82) is 0 Å². The molecule has 4 nitrogen and oxygen atoms in total. The van der Waals surface area contributed by atoms with Crippen LogP contribution < -0.4 is 15.1 Å². The minimum absolute atomic E-state index is 0. The van der Waals surface area contributed by atoms with Crippen molar-refractivity contribution >= 4 is 12.9 Å². The normalized spacial score (nSPS) is 10.5. The van der Waals surface area contributed by atoms with Crippen molar-refractivity contribution in [3.63, 3.8) is 0 Å². The molecule has 12 heavy (non-hydrogen) atoms. The molecule has 1 aromatic rings. The van der Waals surface area contributed by atoms with E-state index in [1.807, 2.05) is 0 Å². The van der Waals surface area contributed by atoms with Gasteiger partial charge in [0.1, 0.15) is 5.75 Å². The van der Waals surface area contributed by atoms with Crippen molar-refractivity contribution in [2.75, 3.05) is 0 Å². The van der Waals surface area contributed by atoms with Crippen LogP contribution in [0.1, 0.15) is 0 Å². The van der Waals surface area contributed by atoms with E-state index >= 15 is 0 Å². The summed E-state index contributed by atoms with van der Waals surface area (Å²) in [5, 5.41) is 8.42. The maximum absolute atomic E-state index is 10.3. The van der Waals surface area contributed by atoms with Crippen LogP contribution in [0.3, 0.4) is 0 Å². The van der Waals surface area contributed by atoms with Crippen LogP contribution in [0.4, 0.5) is 0 Å². The van der Waals surface area contributed by atoms with E-state index in [9.17, 15) is 14.4 Å². The van der Waals surface area contributed by atoms with Gasteiger partial charge in [-0.1, -0.05) is 12.1 Å². The predicted octanol–water partition coefficient (Wildman–Crippen LogP) is -1.07. The Bertz CT molecular complexity index is 291. The molecule has 0 fully saturated rings. The number of phenols is 1. The summed E-state index contributed by atoms with van der Waals surface area (Å²) in [5.74, 6) is -0.0674. The van der Waals surface area contributed by atoms with Gasteiger partial charge < -0.3 is 19.5 Å². The molecule has 0 saturated heterocycles. The molecular formula is C6H5O4PZn. The Hall–Kier alpha value is -0.207. The van der Waals surface area contributed by atoms with Gasteiger partial charge in [-0.25, -0.2) is 0 Å². The van der Waals surface area contributed by atoms with Crippen LogP contribution >= 0.6 is 7.60 Å². The molecule has 6 heteroatoms. The molecule has 1 N–H and O–H groups in total. The van der Waals surface area contributed by atoms with Crippen molar-refractivity contribution in [1.82, 2.24) is 0 Å². The zero-order valence-corrected chi connectivity index (χ0v) is 10.00. The van der Waals surface area contributed by atoms with Gasteiger partial charge in [-0.15, -0.1) is 0 Å². The standard InChI is InChI=1S/C6H7O4P.Zn/c7-5-1-3-6(4-2-5)11(8,9)10;/h1-4,7H,(H2,8,9,10);/q;+2/p-2. The Kier molecular flexibility index (Phi) is 4.08. The summed E-state index contributed by atoms with van der Waals surface area (Å²) in [5.41, 5.74) is 0. The Morgan fingerprint density at radius 2 is 1.58 bits per heavy atom. The first-order valence-electron chi connectivity index (χ1n) is 2.82. The van der Waals surface area contributed by atoms with Crippen LogP contribution in [-0.4, -0.2) is 5.11 Å². The van der Waals surface area contributed by atoms with Crippen molar-refractivity contribution in [3.05, 3.63) is 24.3 Å². The largest absolute Gasteiger partial charge is 2.00 e. The summed E-state index contributed by atoms with van der Waals surface area (Å²) in [6.45, 7) is 0. The van der Waals surface area contributed by atoms with Crippen LogP contribution in [0.2, 0.25) is 0 Å². The second-order valence-electron chi connectivity index (χ2n) is 2.01. The number of aromatic hydroxyl groups is 1. The average Bonchev–Trinajstić information content (AvgIpc) is 1.86. The molecule has 60 valence electrons. The molecule has 0 heterocycles. The van der Waals surface area contributed by atoms with Crippen LogP contribution in [0.15, 0.2) is 24.3 Å². The fourth-order valence-corrected chi connectivity index (χ4v) is 1.15. The molecule has 0 aliphatic rings. The third-order valence-electron chi connectivity index (χ3n) is 1.17. The minimum Gasteiger partial charge on any atom is -0.807 e. The first-order valence-corrected chi connectivity index (χ1v) is 4.36. The minimum atomic E-state index is -4.65. The topological polar surface area (TPSA) is 83.4 Å². The van der Waals surface area contributed by atoms with E-state index in [0.29, 0.717) is 0 Å². The van der Waals surface area contributed by atoms with Crippen LogP contribution in [-0.2, 0) is 24.0 Å². The van der Waals surface area contributed by atoms with Gasteiger partial charge in [0.2, 0.25) is 0 Å². The Balaban J connectivity index is 0.00000121. The van der Waals surface area contributed by atoms with E-state index in [1.54, 1.807) is 0 Å². The van der Waals surface area contributed by atoms with E-state index in [-0.39, 0.29) is 30.5 Å². The summed E-state index contributed by atoms with van der Waals surface area (Å²) in [7, 11) is -4.65. The summed E-state index contributed by atoms with van der Waals surface area (Å²) < 4.78 is 10.3. The number of rotatable bonds is 1. The summed E-state index contributed by atoms with van der Waals surface area (Å²) in [4.78, 5) is 20.7. The maximum Gasteiger partial charge on any atom is 2.00 e. The SMILES string of the molecule is O=P([O-])([O-])c1ccc(O)cc1.[Zn+2]. The maximum atomic E-state index is 10.3. The zero-order chi connectivity index (χ0) is 8.48. The first-order chi connectivity index (χ1) is 5.00. The predicted molar refractivity (Wildman–Crippen MR) is 35.3 cm³/mol. The van der Waals surface area contributed by atoms with E-state index in [1.165, 1.54) is 0 Å². The molecule has 0 unspecified atom stereocenters. The van der Waals surface area contributed by atoms with Crippen LogP contribution in [0.5, 0.6) is 5.75 Å². The van der Waals surface area contributed by atoms with Gasteiger partial charge in [0, 0.05) is 0 Å². The number of hydrogen-bond donors (Lipinski definition) is 1. The summed E-state index contributed by atoms with van der Waals surface area (Å²) >= 11 is 0. The molecule has 0 aliphatic heterocycles. The molecule has 0 atom stereocenters. The van der Waals surface area contributed by atoms with Gasteiger partial charge in [-0.3, -0.25) is 0 Å². The summed E-state index contributed by atoms with van der Waals surface area (Å²) in [6.07, 6.45) is 0. The van der Waals surface area contributed by atoms with Gasteiger partial charge in [0.15, 0.2) is 0 Å². The van der Waals surface area contributed by atoms with Crippen LogP contribution in [0, 0.1) is 0 Å². The molecule has 0 amide bonds. The molecule has 0 radical (unpaired) electrons. The Morgan fingerprint density at radius 3 is 1.92 bits per heavy atom. The van der Waals surface area contributed by atoms with Crippen LogP contribution in [0.25, 0.3) is 0 Å². The third-order valence-corrected chi connectivity index (χ3v) is 2.10. The third kappa shape index (κ3) is 3.04. The molecule has 0 spiro atoms. The number of phenolic OH excluding ortho intramolecular Hbond substituents is 1. The van der Waals surface area contributed by atoms with Crippen molar-refractivity contribution in [3.8, 4) is 5.75 Å². The zero-order valence-electron chi connectivity index (χ0n) is 6.14. The summed E-state index contributed by atoms with van der Waals surface area (Å²) in [6, 6.07) is 4.43. The Morgan fingerprint density at radius 1 is 1.17 bits per heavy atom. The second kappa shape index (κ2) is 4.15. The van der Waals surface area contributed by atoms with Gasteiger partial charge in [0.05, 0.1) is 0 Å². The molecule has 0 bridgehead atoms. The Labute approximate surface area is 82.2 Å². The first kappa shape index (κ1) is 11.8. The fourth-order valence-electron chi connectivity index (χ4n) is 0.635. The average molecular weight is 237 g/mol. The fraction of sp³-hybridized carbons (Fsp3) is 0. The van der Waals surface area contributed by atoms with Gasteiger partial charge in [0.25, 0.3) is 0 Å². The molecule has 0 saturated carbocycles. The van der Waals surface area contributed by atoms with Gasteiger partial charge in [-0.2, -0.15) is 0 Å². The number of hydrogen-bond acceptors (Lipinski definition) is 4. The molecular weight excluding hydrogens is 232 g/mol. The molecule has 0 aromatic heterocycles. The van der Waals surface area contributed by atoms with Gasteiger partial charge >= 0.3 is 19.5 Å². The van der Waals surface area contributed by atoms with Gasteiger partial charge in [-0.05, 0) is 25.0 Å². The molecule has 0 aliphatic carbocycles. The van der Waals surface area contributed by atoms with E-state index < -0.39 is 7.60 Å². The van der Waals surface area contributed by atoms with E-state index in [2.05, 4.69) is 0 Å². The number of benzene rings is 1. The second-order valence-corrected chi connectivity index (χ2v) is 3.53. The smallest absolute Gasteiger partial charge is 0.807 e. The van der Waals surface area contributed by atoms with Crippen molar-refractivity contribution in [2.45, 2.75) is 0 Å². The monoisotopic (exact) mass is 236 g/mol. The van der Waals surface area contributed by atoms with Crippen molar-refractivity contribution < 1.29 is 38.9 Å². The quantitative estimate of drug-likeness (QED) is 0.498. The molecule has 1 rings (SSSR count). The van der Waals surface area contributed by atoms with E-state index in [0.717, 1.165) is 24.3 Å². The van der Waals surface area contributed by atoms with E-state index in [4.69, 9.17) is 5.11 Å². The van der Waals surface area contributed by atoms with Crippen molar-refractivity contribution in [2.24, 2.45) is 0 Å². The molecule has 1 aromatic carbocycles.